The number of aryl methyl sites for hydroxylation is 1. The quantitative estimate of drug-likeness (QED) is 0.452. The molecule has 0 atom stereocenters. The van der Waals surface area contributed by atoms with Crippen LogP contribution in [0.5, 0.6) is 0 Å². The van der Waals surface area contributed by atoms with Crippen molar-refractivity contribution in [2.75, 3.05) is 18.2 Å². The fraction of sp³-hybridized carbons (Fsp3) is 0.176. The van der Waals surface area contributed by atoms with Gasteiger partial charge in [0, 0.05) is 17.5 Å². The van der Waals surface area contributed by atoms with Crippen LogP contribution in [0.4, 0.5) is 11.4 Å². The van der Waals surface area contributed by atoms with Gasteiger partial charge in [-0.3, -0.25) is 14.9 Å². The molecule has 0 spiro atoms. The van der Waals surface area contributed by atoms with Crippen LogP contribution in [0, 0.1) is 17.0 Å². The first-order chi connectivity index (χ1) is 12.6. The van der Waals surface area contributed by atoms with Crippen molar-refractivity contribution in [3.8, 4) is 0 Å². The molecule has 1 N–H and O–H groups in total. The molecule has 2 aromatic rings. The zero-order chi connectivity index (χ0) is 20.2. The number of amides is 1. The Bertz CT molecular complexity index is 1020. The molecule has 0 heterocycles. The van der Waals surface area contributed by atoms with E-state index >= 15 is 0 Å². The Kier molecular flexibility index (Phi) is 5.91. The Hall–Kier alpha value is -3.27. The van der Waals surface area contributed by atoms with Crippen molar-refractivity contribution < 1.29 is 27.7 Å². The van der Waals surface area contributed by atoms with Gasteiger partial charge in [0.05, 0.1) is 9.82 Å². The van der Waals surface area contributed by atoms with Gasteiger partial charge in [0.2, 0.25) is 0 Å². The summed E-state index contributed by atoms with van der Waals surface area (Å²) in [5.74, 6) is -1.73. The molecular formula is C17H16N2O7S. The van der Waals surface area contributed by atoms with Crippen LogP contribution in [0.25, 0.3) is 0 Å². The smallest absolute Gasteiger partial charge is 0.345 e. The van der Waals surface area contributed by atoms with Crippen LogP contribution in [0.2, 0.25) is 0 Å². The SMILES string of the molecule is Cc1cccc(C(=O)OCC(=O)Nc2cccc(S(C)(=O)=O)c2)c1[N+](=O)[O-]. The molecule has 0 aliphatic heterocycles. The number of carbonyl (C=O) groups is 2. The van der Waals surface area contributed by atoms with Gasteiger partial charge in [-0.05, 0) is 31.2 Å². The summed E-state index contributed by atoms with van der Waals surface area (Å²) in [6.07, 6.45) is 1.03. The van der Waals surface area contributed by atoms with Gasteiger partial charge in [-0.15, -0.1) is 0 Å². The van der Waals surface area contributed by atoms with Crippen molar-refractivity contribution in [1.29, 1.82) is 0 Å². The first-order valence-corrected chi connectivity index (χ1v) is 9.50. The summed E-state index contributed by atoms with van der Waals surface area (Å²) in [7, 11) is -3.44. The van der Waals surface area contributed by atoms with Crippen LogP contribution in [0.3, 0.4) is 0 Å². The van der Waals surface area contributed by atoms with Crippen molar-refractivity contribution >= 4 is 33.1 Å². The number of rotatable bonds is 6. The van der Waals surface area contributed by atoms with Gasteiger partial charge in [-0.1, -0.05) is 18.2 Å². The standard InChI is InChI=1S/C17H16N2O7S/c1-11-5-3-8-14(16(11)19(22)23)17(21)26-10-15(20)18-12-6-4-7-13(9-12)27(2,24)25/h3-9H,10H2,1-2H3,(H,18,20). The number of hydrogen-bond acceptors (Lipinski definition) is 7. The van der Waals surface area contributed by atoms with E-state index in [9.17, 15) is 28.1 Å². The molecule has 142 valence electrons. The normalized spacial score (nSPS) is 10.9. The van der Waals surface area contributed by atoms with Crippen molar-refractivity contribution in [2.24, 2.45) is 0 Å². The van der Waals surface area contributed by atoms with Gasteiger partial charge >= 0.3 is 5.97 Å². The molecular weight excluding hydrogens is 376 g/mol. The number of nitrogens with one attached hydrogen (secondary N) is 1. The molecule has 9 nitrogen and oxygen atoms in total. The molecule has 27 heavy (non-hydrogen) atoms. The van der Waals surface area contributed by atoms with E-state index < -0.39 is 33.2 Å². The maximum absolute atomic E-state index is 12.1. The van der Waals surface area contributed by atoms with Crippen LogP contribution in [-0.2, 0) is 19.4 Å². The second-order valence-corrected chi connectivity index (χ2v) is 7.67. The Morgan fingerprint density at radius 2 is 1.85 bits per heavy atom. The van der Waals surface area contributed by atoms with Crippen molar-refractivity contribution in [3.05, 3.63) is 63.7 Å². The van der Waals surface area contributed by atoms with Gasteiger partial charge in [0.1, 0.15) is 5.56 Å². The predicted molar refractivity (Wildman–Crippen MR) is 96.3 cm³/mol. The topological polar surface area (TPSA) is 133 Å². The summed E-state index contributed by atoms with van der Waals surface area (Å²) < 4.78 is 27.9. The third-order valence-corrected chi connectivity index (χ3v) is 4.63. The number of ether oxygens (including phenoxy) is 1. The lowest BCUT2D eigenvalue weighted by Crippen LogP contribution is -2.21. The molecule has 2 rings (SSSR count). The minimum atomic E-state index is -3.44. The summed E-state index contributed by atoms with van der Waals surface area (Å²) >= 11 is 0. The number of nitrogens with zero attached hydrogens (tertiary/aromatic N) is 1. The van der Waals surface area contributed by atoms with E-state index in [1.165, 1.54) is 49.4 Å². The largest absolute Gasteiger partial charge is 0.452 e. The highest BCUT2D eigenvalue weighted by atomic mass is 32.2. The molecule has 0 aliphatic rings. The van der Waals surface area contributed by atoms with Gasteiger partial charge in [-0.25, -0.2) is 13.2 Å². The molecule has 0 unspecified atom stereocenters. The highest BCUT2D eigenvalue weighted by Crippen LogP contribution is 2.23. The number of nitro benzene ring substituents is 1. The third-order valence-electron chi connectivity index (χ3n) is 3.52. The summed E-state index contributed by atoms with van der Waals surface area (Å²) in [6, 6.07) is 9.75. The number of para-hydroxylation sites is 1. The molecule has 0 aromatic heterocycles. The monoisotopic (exact) mass is 392 g/mol. The van der Waals surface area contributed by atoms with E-state index in [-0.39, 0.29) is 27.4 Å². The Balaban J connectivity index is 2.06. The van der Waals surface area contributed by atoms with E-state index in [0.717, 1.165) is 6.26 Å². The number of anilines is 1. The lowest BCUT2D eigenvalue weighted by molar-refractivity contribution is -0.385. The molecule has 2 aromatic carbocycles. The van der Waals surface area contributed by atoms with Gasteiger partial charge in [-0.2, -0.15) is 0 Å². The van der Waals surface area contributed by atoms with Gasteiger partial charge in [0.25, 0.3) is 11.6 Å². The van der Waals surface area contributed by atoms with E-state index in [1.807, 2.05) is 0 Å². The highest BCUT2D eigenvalue weighted by Gasteiger charge is 2.24. The molecule has 0 bridgehead atoms. The van der Waals surface area contributed by atoms with Crippen molar-refractivity contribution in [3.63, 3.8) is 0 Å². The van der Waals surface area contributed by atoms with Crippen LogP contribution >= 0.6 is 0 Å². The lowest BCUT2D eigenvalue weighted by Gasteiger charge is -2.08. The molecule has 1 amide bonds. The van der Waals surface area contributed by atoms with Crippen LogP contribution in [-0.4, -0.2) is 38.1 Å². The maximum atomic E-state index is 12.1. The highest BCUT2D eigenvalue weighted by molar-refractivity contribution is 7.90. The Labute approximate surface area is 155 Å². The van der Waals surface area contributed by atoms with Gasteiger partial charge < -0.3 is 10.1 Å². The summed E-state index contributed by atoms with van der Waals surface area (Å²) in [4.78, 5) is 34.4. The first kappa shape index (κ1) is 20.0. The average Bonchev–Trinajstić information content (AvgIpc) is 2.58. The number of nitro groups is 1. The van der Waals surface area contributed by atoms with E-state index in [0.29, 0.717) is 0 Å². The Morgan fingerprint density at radius 3 is 2.48 bits per heavy atom. The second kappa shape index (κ2) is 7.96. The van der Waals surface area contributed by atoms with E-state index in [2.05, 4.69) is 5.32 Å². The van der Waals surface area contributed by atoms with Crippen molar-refractivity contribution in [2.45, 2.75) is 11.8 Å². The fourth-order valence-corrected chi connectivity index (χ4v) is 2.94. The van der Waals surface area contributed by atoms with Gasteiger partial charge in [0.15, 0.2) is 16.4 Å². The maximum Gasteiger partial charge on any atom is 0.345 e. The number of benzene rings is 2. The zero-order valence-electron chi connectivity index (χ0n) is 14.5. The predicted octanol–water partition coefficient (Wildman–Crippen LogP) is 2.10. The summed E-state index contributed by atoms with van der Waals surface area (Å²) in [5.41, 5.74) is -0.146. The molecule has 0 saturated carbocycles. The van der Waals surface area contributed by atoms with Crippen LogP contribution in [0.1, 0.15) is 15.9 Å². The average molecular weight is 392 g/mol. The zero-order valence-corrected chi connectivity index (χ0v) is 15.3. The third kappa shape index (κ3) is 5.11. The second-order valence-electron chi connectivity index (χ2n) is 5.65. The van der Waals surface area contributed by atoms with Crippen molar-refractivity contribution in [1.82, 2.24) is 0 Å². The molecule has 10 heteroatoms. The first-order valence-electron chi connectivity index (χ1n) is 7.60. The lowest BCUT2D eigenvalue weighted by atomic mass is 10.1. The fourth-order valence-electron chi connectivity index (χ4n) is 2.28. The molecule has 0 fully saturated rings. The summed E-state index contributed by atoms with van der Waals surface area (Å²) in [6.45, 7) is 0.795. The molecule has 0 radical (unpaired) electrons. The number of sulfone groups is 1. The molecule has 0 aliphatic carbocycles. The summed E-state index contributed by atoms with van der Waals surface area (Å²) in [5, 5.41) is 13.5. The minimum Gasteiger partial charge on any atom is -0.452 e. The van der Waals surface area contributed by atoms with E-state index in [4.69, 9.17) is 4.74 Å². The number of carbonyl (C=O) groups excluding carboxylic acids is 2. The van der Waals surface area contributed by atoms with E-state index in [1.54, 1.807) is 0 Å². The van der Waals surface area contributed by atoms with Crippen LogP contribution in [0.15, 0.2) is 47.4 Å². The van der Waals surface area contributed by atoms with Crippen LogP contribution < -0.4 is 5.32 Å². The molecule has 0 saturated heterocycles. The Morgan fingerprint density at radius 1 is 1.19 bits per heavy atom. The number of esters is 1. The number of hydrogen-bond donors (Lipinski definition) is 1. The minimum absolute atomic E-state index is 0.0210.